The van der Waals surface area contributed by atoms with Gasteiger partial charge >= 0.3 is 0 Å². The summed E-state index contributed by atoms with van der Waals surface area (Å²) in [5, 5.41) is 3.42. The van der Waals surface area contributed by atoms with Gasteiger partial charge in [-0.25, -0.2) is 0 Å². The van der Waals surface area contributed by atoms with Gasteiger partial charge in [-0.15, -0.1) is 0 Å². The molecule has 1 saturated heterocycles. The molecule has 4 rings (SSSR count). The summed E-state index contributed by atoms with van der Waals surface area (Å²) in [6, 6.07) is 14.6. The molecule has 1 aromatic carbocycles. The first-order valence-corrected chi connectivity index (χ1v) is 11.2. The Morgan fingerprint density at radius 1 is 1.10 bits per heavy atom. The molecule has 154 valence electrons. The maximum atomic E-state index is 12.1. The molecule has 0 spiro atoms. The molecule has 0 aliphatic carbocycles. The number of rotatable bonds is 9. The first-order chi connectivity index (χ1) is 14.8. The predicted octanol–water partition coefficient (Wildman–Crippen LogP) is 4.39. The number of hydrogen-bond donors (Lipinski definition) is 1. The van der Waals surface area contributed by atoms with E-state index >= 15 is 0 Å². The van der Waals surface area contributed by atoms with Crippen molar-refractivity contribution < 1.29 is 9.53 Å². The van der Waals surface area contributed by atoms with Crippen LogP contribution in [0.3, 0.4) is 0 Å². The van der Waals surface area contributed by atoms with Crippen LogP contribution in [0.1, 0.15) is 28.8 Å². The molecule has 0 bridgehead atoms. The largest absolute Gasteiger partial charge is 0.490 e. The fourth-order valence-corrected chi connectivity index (χ4v) is 4.02. The molecule has 2 aromatic heterocycles. The molecule has 3 heterocycles. The summed E-state index contributed by atoms with van der Waals surface area (Å²) in [6.45, 7) is 1.76. The lowest BCUT2D eigenvalue weighted by molar-refractivity contribution is 0.108. The van der Waals surface area contributed by atoms with Crippen LogP contribution < -0.4 is 10.1 Å². The van der Waals surface area contributed by atoms with Crippen LogP contribution in [0.25, 0.3) is 11.1 Å². The van der Waals surface area contributed by atoms with E-state index in [4.69, 9.17) is 4.74 Å². The third-order valence-electron chi connectivity index (χ3n) is 5.09. The zero-order valence-corrected chi connectivity index (χ0v) is 17.6. The van der Waals surface area contributed by atoms with Crippen molar-refractivity contribution in [1.29, 1.82) is 0 Å². The number of thioether (sulfide) groups is 1. The Labute approximate surface area is 181 Å². The van der Waals surface area contributed by atoms with Gasteiger partial charge in [-0.05, 0) is 55.1 Å². The second kappa shape index (κ2) is 10.4. The van der Waals surface area contributed by atoms with Crippen LogP contribution in [-0.2, 0) is 6.42 Å². The minimum absolute atomic E-state index is 0.0804. The maximum absolute atomic E-state index is 12.1. The number of nitrogens with zero attached hydrogens (tertiary/aromatic N) is 2. The molecule has 3 aromatic rings. The molecule has 6 heteroatoms. The average Bonchev–Trinajstić information content (AvgIpc) is 2.76. The van der Waals surface area contributed by atoms with Gasteiger partial charge in [0.05, 0.1) is 6.20 Å². The molecule has 0 radical (unpaired) electrons. The Morgan fingerprint density at radius 2 is 2.03 bits per heavy atom. The van der Waals surface area contributed by atoms with E-state index in [1.807, 2.05) is 12.3 Å². The van der Waals surface area contributed by atoms with E-state index in [0.717, 1.165) is 42.0 Å². The van der Waals surface area contributed by atoms with Crippen LogP contribution in [0, 0.1) is 0 Å². The molecule has 1 aliphatic rings. The third-order valence-corrected chi connectivity index (χ3v) is 6.08. The number of benzene rings is 1. The molecule has 5 nitrogen and oxygen atoms in total. The van der Waals surface area contributed by atoms with Gasteiger partial charge in [-0.1, -0.05) is 36.0 Å². The molecule has 1 aliphatic heterocycles. The number of nitrogens with one attached hydrogen (secondary N) is 1. The number of pyridine rings is 2. The Bertz CT molecular complexity index is 977. The molecule has 1 N–H and O–H groups in total. The van der Waals surface area contributed by atoms with E-state index < -0.39 is 0 Å². The summed E-state index contributed by atoms with van der Waals surface area (Å²) in [5.74, 6) is 1.59. The quantitative estimate of drug-likeness (QED) is 0.519. The van der Waals surface area contributed by atoms with Crippen molar-refractivity contribution in [2.75, 3.05) is 18.9 Å². The van der Waals surface area contributed by atoms with Crippen LogP contribution in [-0.4, -0.2) is 40.0 Å². The molecule has 30 heavy (non-hydrogen) atoms. The lowest BCUT2D eigenvalue weighted by Crippen LogP contribution is -2.46. The van der Waals surface area contributed by atoms with Crippen LogP contribution in [0.15, 0.2) is 67.3 Å². The highest BCUT2D eigenvalue weighted by molar-refractivity contribution is 8.14. The van der Waals surface area contributed by atoms with Gasteiger partial charge < -0.3 is 10.1 Å². The second-order valence-electron chi connectivity index (χ2n) is 7.34. The Hall–Kier alpha value is -2.70. The van der Waals surface area contributed by atoms with E-state index in [1.165, 1.54) is 23.7 Å². The molecule has 0 saturated carbocycles. The van der Waals surface area contributed by atoms with Gasteiger partial charge in [0.1, 0.15) is 12.4 Å². The minimum Gasteiger partial charge on any atom is -0.490 e. The van der Waals surface area contributed by atoms with Crippen molar-refractivity contribution in [3.8, 4) is 16.9 Å². The molecule has 0 amide bonds. The van der Waals surface area contributed by atoms with Gasteiger partial charge in [-0.2, -0.15) is 0 Å². The molecule has 1 atom stereocenters. The zero-order chi connectivity index (χ0) is 20.6. The van der Waals surface area contributed by atoms with Gasteiger partial charge in [0.15, 0.2) is 0 Å². The Kier molecular flexibility index (Phi) is 7.11. The van der Waals surface area contributed by atoms with Crippen molar-refractivity contribution in [2.24, 2.45) is 0 Å². The van der Waals surface area contributed by atoms with Crippen molar-refractivity contribution in [1.82, 2.24) is 15.3 Å². The summed E-state index contributed by atoms with van der Waals surface area (Å²) in [5.41, 5.74) is 4.10. The number of carbonyl (C=O) groups excluding carboxylic acids is 1. The number of ether oxygens (including phenoxy) is 1. The predicted molar refractivity (Wildman–Crippen MR) is 121 cm³/mol. The van der Waals surface area contributed by atoms with E-state index in [1.54, 1.807) is 30.7 Å². The van der Waals surface area contributed by atoms with Gasteiger partial charge in [-0.3, -0.25) is 14.8 Å². The average molecular weight is 420 g/mol. The smallest absolute Gasteiger partial charge is 0.220 e. The third kappa shape index (κ3) is 5.68. The molecule has 1 fully saturated rings. The second-order valence-corrected chi connectivity index (χ2v) is 8.41. The van der Waals surface area contributed by atoms with Crippen LogP contribution >= 0.6 is 11.8 Å². The highest BCUT2D eigenvalue weighted by Gasteiger charge is 2.16. The monoisotopic (exact) mass is 419 g/mol. The summed E-state index contributed by atoms with van der Waals surface area (Å²) in [7, 11) is 0. The van der Waals surface area contributed by atoms with E-state index in [9.17, 15) is 4.79 Å². The number of carbonyl (C=O) groups is 1. The Balaban J connectivity index is 1.30. The highest BCUT2D eigenvalue weighted by atomic mass is 32.2. The van der Waals surface area contributed by atoms with Crippen molar-refractivity contribution >= 4 is 16.9 Å². The van der Waals surface area contributed by atoms with E-state index in [2.05, 4.69) is 39.6 Å². The SMILES string of the molecule is O=C(SCCCc1cccc(-c2cncc(OC[C@@H]3CCN3)c2)c1)c1cccnc1. The molecule has 0 unspecified atom stereocenters. The standard InChI is InChI=1S/C24H25N3O2S/c28-24(20-7-2-9-25-14-20)30-11-3-5-18-4-1-6-19(12-18)21-13-23(16-26-15-21)29-17-22-8-10-27-22/h1-2,4,6-7,9,12-16,22,27H,3,5,8,10-11,17H2/t22-/m0/s1. The van der Waals surface area contributed by atoms with Gasteiger partial charge in [0.2, 0.25) is 5.12 Å². The summed E-state index contributed by atoms with van der Waals surface area (Å²) >= 11 is 1.36. The number of hydrogen-bond acceptors (Lipinski definition) is 6. The minimum atomic E-state index is 0.0804. The highest BCUT2D eigenvalue weighted by Crippen LogP contribution is 2.24. The van der Waals surface area contributed by atoms with E-state index in [-0.39, 0.29) is 5.12 Å². The lowest BCUT2D eigenvalue weighted by Gasteiger charge is -2.27. The van der Waals surface area contributed by atoms with Crippen LogP contribution in [0.4, 0.5) is 0 Å². The van der Waals surface area contributed by atoms with Crippen LogP contribution in [0.2, 0.25) is 0 Å². The maximum Gasteiger partial charge on any atom is 0.220 e. The number of aromatic nitrogens is 2. The lowest BCUT2D eigenvalue weighted by atomic mass is 10.0. The molecular formula is C24H25N3O2S. The van der Waals surface area contributed by atoms with Crippen molar-refractivity contribution in [2.45, 2.75) is 25.3 Å². The summed E-state index contributed by atoms with van der Waals surface area (Å²) in [6.07, 6.45) is 9.97. The topological polar surface area (TPSA) is 64.1 Å². The fourth-order valence-electron chi connectivity index (χ4n) is 3.26. The van der Waals surface area contributed by atoms with Gasteiger partial charge in [0.25, 0.3) is 0 Å². The zero-order valence-electron chi connectivity index (χ0n) is 16.8. The van der Waals surface area contributed by atoms with Gasteiger partial charge in [0, 0.05) is 41.5 Å². The van der Waals surface area contributed by atoms with Crippen molar-refractivity contribution in [3.63, 3.8) is 0 Å². The summed E-state index contributed by atoms with van der Waals surface area (Å²) < 4.78 is 5.88. The van der Waals surface area contributed by atoms with E-state index in [0.29, 0.717) is 18.2 Å². The fraction of sp³-hybridized carbons (Fsp3) is 0.292. The first kappa shape index (κ1) is 20.6. The van der Waals surface area contributed by atoms with Crippen LogP contribution in [0.5, 0.6) is 5.75 Å². The molecular weight excluding hydrogens is 394 g/mol. The Morgan fingerprint density at radius 3 is 2.83 bits per heavy atom. The first-order valence-electron chi connectivity index (χ1n) is 10.3. The summed E-state index contributed by atoms with van der Waals surface area (Å²) in [4.78, 5) is 20.5. The normalized spacial score (nSPS) is 15.4. The number of aryl methyl sites for hydroxylation is 1. The van der Waals surface area contributed by atoms with Crippen molar-refractivity contribution in [3.05, 3.63) is 78.4 Å².